The maximum Gasteiger partial charge on any atom is 0.147 e. The van der Waals surface area contributed by atoms with E-state index >= 15 is 0 Å². The number of nitrogens with one attached hydrogen (secondary N) is 1. The normalized spacial score (nSPS) is 11.3. The lowest BCUT2D eigenvalue weighted by atomic mass is 10.1. The summed E-state index contributed by atoms with van der Waals surface area (Å²) in [6, 6.07) is 0. The van der Waals surface area contributed by atoms with E-state index in [0.29, 0.717) is 0 Å². The van der Waals surface area contributed by atoms with Gasteiger partial charge in [-0.25, -0.2) is 9.67 Å². The van der Waals surface area contributed by atoms with E-state index in [9.17, 15) is 0 Å². The molecule has 4 heteroatoms. The van der Waals surface area contributed by atoms with E-state index in [0.717, 1.165) is 37.2 Å². The van der Waals surface area contributed by atoms with Gasteiger partial charge in [-0.3, -0.25) is 0 Å². The largest absolute Gasteiger partial charge is 0.315 e. The fraction of sp³-hybridized carbons (Fsp3) is 0.818. The highest BCUT2D eigenvalue weighted by atomic mass is 15.3. The highest BCUT2D eigenvalue weighted by Gasteiger charge is 2.01. The molecule has 0 aliphatic carbocycles. The van der Waals surface area contributed by atoms with Crippen LogP contribution >= 0.6 is 0 Å². The first-order chi connectivity index (χ1) is 7.09. The Kier molecular flexibility index (Phi) is 4.75. The van der Waals surface area contributed by atoms with Gasteiger partial charge in [-0.2, -0.15) is 5.10 Å². The van der Waals surface area contributed by atoms with Gasteiger partial charge in [-0.15, -0.1) is 0 Å². The number of hydrogen-bond acceptors (Lipinski definition) is 3. The second kappa shape index (κ2) is 5.85. The first-order valence-electron chi connectivity index (χ1n) is 5.68. The molecule has 15 heavy (non-hydrogen) atoms. The van der Waals surface area contributed by atoms with E-state index in [4.69, 9.17) is 0 Å². The molecule has 0 radical (unpaired) electrons. The quantitative estimate of drug-likeness (QED) is 0.724. The van der Waals surface area contributed by atoms with Crippen molar-refractivity contribution in [2.75, 3.05) is 13.1 Å². The number of hydrogen-bond donors (Lipinski definition) is 1. The molecular weight excluding hydrogens is 188 g/mol. The highest BCUT2D eigenvalue weighted by molar-refractivity contribution is 4.87. The van der Waals surface area contributed by atoms with Crippen molar-refractivity contribution in [3.63, 3.8) is 0 Å². The summed E-state index contributed by atoms with van der Waals surface area (Å²) in [5.41, 5.74) is 0. The van der Waals surface area contributed by atoms with E-state index in [-0.39, 0.29) is 0 Å². The first-order valence-corrected chi connectivity index (χ1v) is 5.68. The SMILES string of the molecule is Cc1nc(C)n(CCNCCC(C)C)n1. The third kappa shape index (κ3) is 4.42. The van der Waals surface area contributed by atoms with Gasteiger partial charge in [0.1, 0.15) is 11.6 Å². The summed E-state index contributed by atoms with van der Waals surface area (Å²) in [5.74, 6) is 2.63. The molecule has 0 saturated carbocycles. The van der Waals surface area contributed by atoms with Gasteiger partial charge in [0, 0.05) is 6.54 Å². The van der Waals surface area contributed by atoms with Gasteiger partial charge in [-0.05, 0) is 32.7 Å². The van der Waals surface area contributed by atoms with E-state index in [1.54, 1.807) is 0 Å². The van der Waals surface area contributed by atoms with Crippen molar-refractivity contribution < 1.29 is 0 Å². The van der Waals surface area contributed by atoms with Crippen LogP contribution in [0.25, 0.3) is 0 Å². The maximum atomic E-state index is 4.31. The van der Waals surface area contributed by atoms with Gasteiger partial charge in [0.25, 0.3) is 0 Å². The third-order valence-electron chi connectivity index (χ3n) is 2.36. The number of rotatable bonds is 6. The minimum Gasteiger partial charge on any atom is -0.315 e. The molecule has 86 valence electrons. The molecule has 0 atom stereocenters. The lowest BCUT2D eigenvalue weighted by Gasteiger charge is -2.07. The van der Waals surface area contributed by atoms with Crippen molar-refractivity contribution in [2.24, 2.45) is 5.92 Å². The van der Waals surface area contributed by atoms with Gasteiger partial charge in [0.2, 0.25) is 0 Å². The fourth-order valence-electron chi connectivity index (χ4n) is 1.47. The van der Waals surface area contributed by atoms with E-state index in [1.165, 1.54) is 6.42 Å². The van der Waals surface area contributed by atoms with Gasteiger partial charge >= 0.3 is 0 Å². The minimum absolute atomic E-state index is 0.771. The Hall–Kier alpha value is -0.900. The van der Waals surface area contributed by atoms with Crippen LogP contribution in [-0.2, 0) is 6.54 Å². The first kappa shape index (κ1) is 12.2. The molecule has 0 fully saturated rings. The zero-order valence-electron chi connectivity index (χ0n) is 10.2. The number of nitrogens with zero attached hydrogens (tertiary/aromatic N) is 3. The Morgan fingerprint density at radius 3 is 2.53 bits per heavy atom. The Morgan fingerprint density at radius 2 is 2.00 bits per heavy atom. The smallest absolute Gasteiger partial charge is 0.147 e. The van der Waals surface area contributed by atoms with Crippen LogP contribution in [0, 0.1) is 19.8 Å². The van der Waals surface area contributed by atoms with Crippen LogP contribution in [0.1, 0.15) is 31.9 Å². The van der Waals surface area contributed by atoms with Crippen molar-refractivity contribution in [1.29, 1.82) is 0 Å². The molecule has 4 nitrogen and oxygen atoms in total. The lowest BCUT2D eigenvalue weighted by Crippen LogP contribution is -2.23. The highest BCUT2D eigenvalue weighted by Crippen LogP contribution is 1.97. The van der Waals surface area contributed by atoms with Crippen LogP contribution in [0.4, 0.5) is 0 Å². The molecule has 1 aromatic heterocycles. The van der Waals surface area contributed by atoms with Crippen LogP contribution in [-0.4, -0.2) is 27.9 Å². The summed E-state index contributed by atoms with van der Waals surface area (Å²) in [6.45, 7) is 11.4. The van der Waals surface area contributed by atoms with Gasteiger partial charge in [0.15, 0.2) is 0 Å². The summed E-state index contributed by atoms with van der Waals surface area (Å²) in [5, 5.41) is 7.72. The van der Waals surface area contributed by atoms with E-state index < -0.39 is 0 Å². The molecule has 0 amide bonds. The van der Waals surface area contributed by atoms with Crippen molar-refractivity contribution >= 4 is 0 Å². The van der Waals surface area contributed by atoms with Gasteiger partial charge in [0.05, 0.1) is 6.54 Å². The van der Waals surface area contributed by atoms with Gasteiger partial charge < -0.3 is 5.32 Å². The van der Waals surface area contributed by atoms with Gasteiger partial charge in [-0.1, -0.05) is 13.8 Å². The molecule has 1 aromatic rings. The van der Waals surface area contributed by atoms with Crippen molar-refractivity contribution in [3.05, 3.63) is 11.6 Å². The van der Waals surface area contributed by atoms with Crippen LogP contribution in [0.3, 0.4) is 0 Å². The van der Waals surface area contributed by atoms with Crippen molar-refractivity contribution in [2.45, 2.75) is 40.7 Å². The topological polar surface area (TPSA) is 42.7 Å². The predicted octanol–water partition coefficient (Wildman–Crippen LogP) is 1.53. The molecular formula is C11H22N4. The molecule has 0 spiro atoms. The monoisotopic (exact) mass is 210 g/mol. The second-order valence-corrected chi connectivity index (χ2v) is 4.36. The van der Waals surface area contributed by atoms with E-state index in [2.05, 4.69) is 29.2 Å². The average molecular weight is 210 g/mol. The Balaban J connectivity index is 2.17. The fourth-order valence-corrected chi connectivity index (χ4v) is 1.47. The Bertz CT molecular complexity index is 291. The molecule has 0 aliphatic heterocycles. The standard InChI is InChI=1S/C11H22N4/c1-9(2)5-6-12-7-8-15-11(4)13-10(3)14-15/h9,12H,5-8H2,1-4H3. The lowest BCUT2D eigenvalue weighted by molar-refractivity contribution is 0.500. The molecule has 1 rings (SSSR count). The molecule has 0 aromatic carbocycles. The van der Waals surface area contributed by atoms with Crippen LogP contribution in [0.5, 0.6) is 0 Å². The predicted molar refractivity (Wildman–Crippen MR) is 61.8 cm³/mol. The second-order valence-electron chi connectivity index (χ2n) is 4.36. The third-order valence-corrected chi connectivity index (χ3v) is 2.36. The average Bonchev–Trinajstić information content (AvgIpc) is 2.44. The molecule has 1 heterocycles. The van der Waals surface area contributed by atoms with Crippen LogP contribution in [0.2, 0.25) is 0 Å². The summed E-state index contributed by atoms with van der Waals surface area (Å²) < 4.78 is 1.96. The molecule has 0 saturated heterocycles. The number of aromatic nitrogens is 3. The molecule has 0 unspecified atom stereocenters. The summed E-state index contributed by atoms with van der Waals surface area (Å²) in [4.78, 5) is 4.26. The zero-order valence-corrected chi connectivity index (χ0v) is 10.2. The minimum atomic E-state index is 0.771. The molecule has 1 N–H and O–H groups in total. The number of aryl methyl sites for hydroxylation is 2. The van der Waals surface area contributed by atoms with Crippen molar-refractivity contribution in [1.82, 2.24) is 20.1 Å². The zero-order chi connectivity index (χ0) is 11.3. The van der Waals surface area contributed by atoms with Crippen LogP contribution in [0.15, 0.2) is 0 Å². The molecule has 0 aliphatic rings. The van der Waals surface area contributed by atoms with Crippen molar-refractivity contribution in [3.8, 4) is 0 Å². The Morgan fingerprint density at radius 1 is 1.27 bits per heavy atom. The summed E-state index contributed by atoms with van der Waals surface area (Å²) in [7, 11) is 0. The summed E-state index contributed by atoms with van der Waals surface area (Å²) in [6.07, 6.45) is 1.23. The summed E-state index contributed by atoms with van der Waals surface area (Å²) >= 11 is 0. The Labute approximate surface area is 92.1 Å². The van der Waals surface area contributed by atoms with Crippen LogP contribution < -0.4 is 5.32 Å². The molecule has 0 bridgehead atoms. The van der Waals surface area contributed by atoms with E-state index in [1.807, 2.05) is 18.5 Å². The maximum absolute atomic E-state index is 4.31.